The standard InChI is InChI=1S/C19H25N5O3S/c1-3-27-19(26)24-8-5-14(6-9-24)21-17(25)11-15-12-28-18(22-15)23-16-10-13(2)4-7-20-16/h4,7,10,12,14H,3,5-6,8-9,11H2,1-2H3,(H,21,25)(H,20,22,23). The fraction of sp³-hybridized carbons (Fsp3) is 0.474. The molecule has 0 aromatic carbocycles. The molecule has 0 aliphatic carbocycles. The molecule has 1 fully saturated rings. The average Bonchev–Trinajstić information content (AvgIpc) is 3.09. The zero-order valence-electron chi connectivity index (χ0n) is 16.1. The number of thiazole rings is 1. The van der Waals surface area contributed by atoms with E-state index in [4.69, 9.17) is 4.74 Å². The second-order valence-electron chi connectivity index (χ2n) is 6.69. The molecule has 3 rings (SSSR count). The summed E-state index contributed by atoms with van der Waals surface area (Å²) in [5.41, 5.74) is 1.84. The molecular weight excluding hydrogens is 378 g/mol. The number of hydrogen-bond donors (Lipinski definition) is 2. The lowest BCUT2D eigenvalue weighted by atomic mass is 10.1. The van der Waals surface area contributed by atoms with E-state index in [9.17, 15) is 9.59 Å². The topological polar surface area (TPSA) is 96.5 Å². The molecule has 2 amide bonds. The van der Waals surface area contributed by atoms with Gasteiger partial charge in [0.05, 0.1) is 18.7 Å². The van der Waals surface area contributed by atoms with Gasteiger partial charge in [-0.3, -0.25) is 4.79 Å². The smallest absolute Gasteiger partial charge is 0.409 e. The molecule has 0 radical (unpaired) electrons. The van der Waals surface area contributed by atoms with E-state index < -0.39 is 0 Å². The minimum absolute atomic E-state index is 0.0554. The van der Waals surface area contributed by atoms with Gasteiger partial charge in [-0.05, 0) is 44.4 Å². The van der Waals surface area contributed by atoms with Crippen molar-refractivity contribution >= 4 is 34.3 Å². The third-order valence-corrected chi connectivity index (χ3v) is 5.24. The number of pyridine rings is 1. The first kappa shape index (κ1) is 20.1. The van der Waals surface area contributed by atoms with Crippen LogP contribution >= 0.6 is 11.3 Å². The van der Waals surface area contributed by atoms with Crippen LogP contribution in [-0.2, 0) is 16.0 Å². The number of anilines is 2. The number of likely N-dealkylation sites (tertiary alicyclic amines) is 1. The number of nitrogens with one attached hydrogen (secondary N) is 2. The van der Waals surface area contributed by atoms with Gasteiger partial charge in [-0.15, -0.1) is 11.3 Å². The number of piperidine rings is 1. The zero-order chi connectivity index (χ0) is 19.9. The number of carbonyl (C=O) groups is 2. The van der Waals surface area contributed by atoms with Crippen LogP contribution in [0.5, 0.6) is 0 Å². The lowest BCUT2D eigenvalue weighted by Crippen LogP contribution is -2.47. The number of ether oxygens (including phenoxy) is 1. The van der Waals surface area contributed by atoms with Crippen molar-refractivity contribution in [3.63, 3.8) is 0 Å². The molecule has 9 heteroatoms. The van der Waals surface area contributed by atoms with Crippen LogP contribution in [0.2, 0.25) is 0 Å². The van der Waals surface area contributed by atoms with Crippen LogP contribution in [0.15, 0.2) is 23.7 Å². The Labute approximate surface area is 168 Å². The first-order valence-corrected chi connectivity index (χ1v) is 10.3. The first-order valence-electron chi connectivity index (χ1n) is 9.38. The number of nitrogens with zero attached hydrogens (tertiary/aromatic N) is 3. The molecule has 2 N–H and O–H groups in total. The fourth-order valence-electron chi connectivity index (χ4n) is 3.02. The van der Waals surface area contributed by atoms with Gasteiger partial charge in [0.25, 0.3) is 0 Å². The molecule has 3 heterocycles. The molecular formula is C19H25N5O3S. The Balaban J connectivity index is 1.44. The van der Waals surface area contributed by atoms with Crippen molar-refractivity contribution < 1.29 is 14.3 Å². The molecule has 2 aromatic heterocycles. The Kier molecular flexibility index (Phi) is 6.80. The van der Waals surface area contributed by atoms with Crippen LogP contribution in [-0.4, -0.2) is 52.6 Å². The summed E-state index contributed by atoms with van der Waals surface area (Å²) in [5.74, 6) is 0.679. The molecule has 1 aliphatic rings. The largest absolute Gasteiger partial charge is 0.450 e. The van der Waals surface area contributed by atoms with Gasteiger partial charge in [0.2, 0.25) is 5.91 Å². The van der Waals surface area contributed by atoms with E-state index in [-0.39, 0.29) is 24.5 Å². The number of rotatable bonds is 6. The number of amides is 2. The summed E-state index contributed by atoms with van der Waals surface area (Å²) in [6.45, 7) is 5.36. The average molecular weight is 404 g/mol. The molecule has 0 spiro atoms. The van der Waals surface area contributed by atoms with Crippen molar-refractivity contribution in [1.82, 2.24) is 20.2 Å². The van der Waals surface area contributed by atoms with Gasteiger partial charge in [-0.2, -0.15) is 0 Å². The summed E-state index contributed by atoms with van der Waals surface area (Å²) in [5, 5.41) is 8.79. The summed E-state index contributed by atoms with van der Waals surface area (Å²) in [6, 6.07) is 3.95. The zero-order valence-corrected chi connectivity index (χ0v) is 16.9. The molecule has 1 saturated heterocycles. The first-order chi connectivity index (χ1) is 13.5. The van der Waals surface area contributed by atoms with Crippen LogP contribution in [0.25, 0.3) is 0 Å². The third-order valence-electron chi connectivity index (χ3n) is 4.43. The van der Waals surface area contributed by atoms with Crippen LogP contribution in [0, 0.1) is 6.92 Å². The van der Waals surface area contributed by atoms with Gasteiger partial charge in [0, 0.05) is 30.7 Å². The van der Waals surface area contributed by atoms with E-state index >= 15 is 0 Å². The highest BCUT2D eigenvalue weighted by atomic mass is 32.1. The highest BCUT2D eigenvalue weighted by Crippen LogP contribution is 2.20. The quantitative estimate of drug-likeness (QED) is 0.770. The molecule has 150 valence electrons. The maximum atomic E-state index is 12.3. The highest BCUT2D eigenvalue weighted by Gasteiger charge is 2.24. The fourth-order valence-corrected chi connectivity index (χ4v) is 3.74. The molecule has 0 bridgehead atoms. The van der Waals surface area contributed by atoms with E-state index in [1.807, 2.05) is 24.4 Å². The van der Waals surface area contributed by atoms with Crippen molar-refractivity contribution in [2.75, 3.05) is 25.0 Å². The Bertz CT molecular complexity index is 817. The SMILES string of the molecule is CCOC(=O)N1CCC(NC(=O)Cc2csc(Nc3cc(C)ccn3)n2)CC1. The number of aromatic nitrogens is 2. The van der Waals surface area contributed by atoms with Gasteiger partial charge in [-0.1, -0.05) is 0 Å². The minimum Gasteiger partial charge on any atom is -0.450 e. The molecule has 0 unspecified atom stereocenters. The maximum absolute atomic E-state index is 12.3. The highest BCUT2D eigenvalue weighted by molar-refractivity contribution is 7.13. The lowest BCUT2D eigenvalue weighted by Gasteiger charge is -2.31. The molecule has 28 heavy (non-hydrogen) atoms. The summed E-state index contributed by atoms with van der Waals surface area (Å²) < 4.78 is 5.01. The Morgan fingerprint density at radius 2 is 2.14 bits per heavy atom. The summed E-state index contributed by atoms with van der Waals surface area (Å²) in [6.07, 6.45) is 3.16. The predicted molar refractivity (Wildman–Crippen MR) is 108 cm³/mol. The monoisotopic (exact) mass is 403 g/mol. The van der Waals surface area contributed by atoms with Gasteiger partial charge >= 0.3 is 6.09 Å². The summed E-state index contributed by atoms with van der Waals surface area (Å²) in [4.78, 5) is 34.4. The maximum Gasteiger partial charge on any atom is 0.409 e. The van der Waals surface area contributed by atoms with Crippen molar-refractivity contribution in [2.45, 2.75) is 39.2 Å². The van der Waals surface area contributed by atoms with Crippen molar-refractivity contribution in [1.29, 1.82) is 0 Å². The van der Waals surface area contributed by atoms with E-state index in [0.29, 0.717) is 24.8 Å². The van der Waals surface area contributed by atoms with Crippen molar-refractivity contribution in [3.05, 3.63) is 35.0 Å². The van der Waals surface area contributed by atoms with Gasteiger partial charge in [0.15, 0.2) is 5.13 Å². The van der Waals surface area contributed by atoms with E-state index in [0.717, 1.165) is 29.9 Å². The normalized spacial score (nSPS) is 14.6. The molecule has 1 aliphatic heterocycles. The number of hydrogen-bond acceptors (Lipinski definition) is 7. The van der Waals surface area contributed by atoms with Gasteiger partial charge in [0.1, 0.15) is 5.82 Å². The summed E-state index contributed by atoms with van der Waals surface area (Å²) in [7, 11) is 0. The van der Waals surface area contributed by atoms with Gasteiger partial charge < -0.3 is 20.3 Å². The number of carbonyl (C=O) groups excluding carboxylic acids is 2. The second-order valence-corrected chi connectivity index (χ2v) is 7.55. The Hall–Kier alpha value is -2.68. The number of aryl methyl sites for hydroxylation is 1. The molecule has 2 aromatic rings. The van der Waals surface area contributed by atoms with Crippen LogP contribution in [0.1, 0.15) is 31.0 Å². The Morgan fingerprint density at radius 3 is 2.86 bits per heavy atom. The Morgan fingerprint density at radius 1 is 1.36 bits per heavy atom. The predicted octanol–water partition coefficient (Wildman–Crippen LogP) is 2.87. The van der Waals surface area contributed by atoms with Crippen LogP contribution in [0.3, 0.4) is 0 Å². The van der Waals surface area contributed by atoms with E-state index in [1.165, 1.54) is 11.3 Å². The molecule has 0 atom stereocenters. The van der Waals surface area contributed by atoms with Crippen molar-refractivity contribution in [3.8, 4) is 0 Å². The van der Waals surface area contributed by atoms with E-state index in [1.54, 1.807) is 18.0 Å². The van der Waals surface area contributed by atoms with Crippen LogP contribution in [0.4, 0.5) is 15.7 Å². The molecule has 0 saturated carbocycles. The minimum atomic E-state index is -0.280. The van der Waals surface area contributed by atoms with E-state index in [2.05, 4.69) is 20.6 Å². The summed E-state index contributed by atoms with van der Waals surface area (Å²) >= 11 is 1.45. The second kappa shape index (κ2) is 9.50. The van der Waals surface area contributed by atoms with Gasteiger partial charge in [-0.25, -0.2) is 14.8 Å². The van der Waals surface area contributed by atoms with Crippen molar-refractivity contribution in [2.24, 2.45) is 0 Å². The molecule has 8 nitrogen and oxygen atoms in total. The lowest BCUT2D eigenvalue weighted by molar-refractivity contribution is -0.121. The third kappa shape index (κ3) is 5.66. The van der Waals surface area contributed by atoms with Crippen LogP contribution < -0.4 is 10.6 Å².